The molecule has 0 aliphatic carbocycles. The summed E-state index contributed by atoms with van der Waals surface area (Å²) in [6, 6.07) is 65.9. The van der Waals surface area contributed by atoms with Crippen molar-refractivity contribution in [1.29, 1.82) is 5.26 Å². The van der Waals surface area contributed by atoms with Crippen molar-refractivity contribution in [2.24, 2.45) is 0 Å². The normalized spacial score (nSPS) is 11.1. The molecule has 0 amide bonds. The van der Waals surface area contributed by atoms with Gasteiger partial charge in [-0.15, -0.1) is 0 Å². The van der Waals surface area contributed by atoms with Crippen molar-refractivity contribution >= 4 is 21.8 Å². The Morgan fingerprint density at radius 2 is 0.843 bits per heavy atom. The first-order chi connectivity index (χ1) is 25.3. The van der Waals surface area contributed by atoms with Gasteiger partial charge >= 0.3 is 0 Å². The van der Waals surface area contributed by atoms with Gasteiger partial charge in [0, 0.05) is 33.7 Å². The molecule has 3 nitrogen and oxygen atoms in total. The second kappa shape index (κ2) is 12.8. The van der Waals surface area contributed by atoms with E-state index in [4.69, 9.17) is 4.98 Å². The van der Waals surface area contributed by atoms with Crippen LogP contribution < -0.4 is 0 Å². The molecule has 0 saturated heterocycles. The molecule has 0 radical (unpaired) electrons. The molecule has 0 atom stereocenters. The van der Waals surface area contributed by atoms with Crippen LogP contribution in [0.25, 0.3) is 83.3 Å². The summed E-state index contributed by atoms with van der Waals surface area (Å²) < 4.78 is 2.33. The Morgan fingerprint density at radius 3 is 1.33 bits per heavy atom. The number of nitrogens with zero attached hydrogens (tertiary/aromatic N) is 3. The number of pyridine rings is 1. The van der Waals surface area contributed by atoms with E-state index in [9.17, 15) is 5.26 Å². The zero-order chi connectivity index (χ0) is 34.1. The average Bonchev–Trinajstić information content (AvgIpc) is 3.54. The molecule has 7 aromatic carbocycles. The van der Waals surface area contributed by atoms with Crippen LogP contribution in [0.3, 0.4) is 0 Å². The standard InChI is InChI=1S/C48H31N3/c49-31-33-21-23-38(24-22-33)46-43(36-17-9-3-10-18-36)32-50-48(47(46)37-19-11-4-12-20-37)51-44-27-25-39(34-13-5-1-6-14-34)29-41(44)42-30-40(26-28-45(42)51)35-15-7-2-8-16-35/h1-30,32H. The van der Waals surface area contributed by atoms with Gasteiger partial charge in [-0.05, 0) is 75.3 Å². The summed E-state index contributed by atoms with van der Waals surface area (Å²) in [5.74, 6) is 0.847. The minimum absolute atomic E-state index is 0.626. The quantitative estimate of drug-likeness (QED) is 0.180. The van der Waals surface area contributed by atoms with E-state index in [1.165, 1.54) is 22.3 Å². The van der Waals surface area contributed by atoms with Crippen LogP contribution in [-0.4, -0.2) is 9.55 Å². The van der Waals surface area contributed by atoms with E-state index in [0.717, 1.165) is 61.0 Å². The lowest BCUT2D eigenvalue weighted by Crippen LogP contribution is -2.04. The van der Waals surface area contributed by atoms with Crippen LogP contribution in [-0.2, 0) is 0 Å². The zero-order valence-electron chi connectivity index (χ0n) is 27.7. The van der Waals surface area contributed by atoms with Gasteiger partial charge in [0.25, 0.3) is 0 Å². The molecule has 0 saturated carbocycles. The first-order valence-corrected chi connectivity index (χ1v) is 17.1. The summed E-state index contributed by atoms with van der Waals surface area (Å²) in [5, 5.41) is 12.0. The van der Waals surface area contributed by atoms with Gasteiger partial charge in [-0.1, -0.05) is 146 Å². The Bertz CT molecular complexity index is 2610. The van der Waals surface area contributed by atoms with E-state index in [1.54, 1.807) is 0 Å². The van der Waals surface area contributed by atoms with E-state index in [2.05, 4.69) is 174 Å². The van der Waals surface area contributed by atoms with Crippen LogP contribution >= 0.6 is 0 Å². The first kappa shape index (κ1) is 30.1. The fourth-order valence-corrected chi connectivity index (χ4v) is 7.27. The van der Waals surface area contributed by atoms with Gasteiger partial charge in [0.05, 0.1) is 22.7 Å². The van der Waals surface area contributed by atoms with E-state index >= 15 is 0 Å². The molecule has 51 heavy (non-hydrogen) atoms. The van der Waals surface area contributed by atoms with Gasteiger partial charge in [0.1, 0.15) is 5.82 Å². The van der Waals surface area contributed by atoms with Crippen LogP contribution in [0, 0.1) is 11.3 Å². The number of hydrogen-bond acceptors (Lipinski definition) is 2. The second-order valence-electron chi connectivity index (χ2n) is 12.7. The molecular formula is C48H31N3. The summed E-state index contributed by atoms with van der Waals surface area (Å²) in [7, 11) is 0. The van der Waals surface area contributed by atoms with Crippen molar-refractivity contribution < 1.29 is 0 Å². The molecule has 0 aliphatic rings. The lowest BCUT2D eigenvalue weighted by atomic mass is 9.88. The minimum Gasteiger partial charge on any atom is -0.293 e. The maximum absolute atomic E-state index is 9.66. The number of nitriles is 1. The Morgan fingerprint density at radius 1 is 0.412 bits per heavy atom. The summed E-state index contributed by atoms with van der Waals surface area (Å²) in [4.78, 5) is 5.37. The number of fused-ring (bicyclic) bond motifs is 3. The van der Waals surface area contributed by atoms with E-state index < -0.39 is 0 Å². The van der Waals surface area contributed by atoms with Crippen molar-refractivity contribution in [3.05, 3.63) is 194 Å². The van der Waals surface area contributed by atoms with Crippen LogP contribution in [0.4, 0.5) is 0 Å². The van der Waals surface area contributed by atoms with Gasteiger partial charge < -0.3 is 0 Å². The lowest BCUT2D eigenvalue weighted by molar-refractivity contribution is 1.08. The number of rotatable bonds is 6. The van der Waals surface area contributed by atoms with Crippen molar-refractivity contribution in [1.82, 2.24) is 9.55 Å². The highest BCUT2D eigenvalue weighted by Crippen LogP contribution is 2.45. The van der Waals surface area contributed by atoms with Gasteiger partial charge in [0.15, 0.2) is 0 Å². The van der Waals surface area contributed by atoms with Crippen LogP contribution in [0.2, 0.25) is 0 Å². The van der Waals surface area contributed by atoms with E-state index in [1.807, 2.05) is 24.4 Å². The molecule has 0 fully saturated rings. The highest BCUT2D eigenvalue weighted by atomic mass is 15.1. The SMILES string of the molecule is N#Cc1ccc(-c2c(-c3ccccc3)cnc(-n3c4ccc(-c5ccccc5)cc4c4cc(-c5ccccc5)ccc43)c2-c2ccccc2)cc1. The topological polar surface area (TPSA) is 41.6 Å². The molecular weight excluding hydrogens is 619 g/mol. The Kier molecular flexibility index (Phi) is 7.54. The molecule has 0 N–H and O–H groups in total. The van der Waals surface area contributed by atoms with Gasteiger partial charge in [-0.2, -0.15) is 5.26 Å². The van der Waals surface area contributed by atoms with Gasteiger partial charge in [-0.25, -0.2) is 4.98 Å². The van der Waals surface area contributed by atoms with Crippen LogP contribution in [0.1, 0.15) is 5.56 Å². The zero-order valence-corrected chi connectivity index (χ0v) is 27.7. The third-order valence-corrected chi connectivity index (χ3v) is 9.70. The third-order valence-electron chi connectivity index (χ3n) is 9.70. The smallest absolute Gasteiger partial charge is 0.146 e. The second-order valence-corrected chi connectivity index (χ2v) is 12.7. The molecule has 9 rings (SSSR count). The third kappa shape index (κ3) is 5.37. The van der Waals surface area contributed by atoms with E-state index in [-0.39, 0.29) is 0 Å². The largest absolute Gasteiger partial charge is 0.293 e. The summed E-state index contributed by atoms with van der Waals surface area (Å²) >= 11 is 0. The lowest BCUT2D eigenvalue weighted by Gasteiger charge is -2.21. The molecule has 0 spiro atoms. The maximum atomic E-state index is 9.66. The summed E-state index contributed by atoms with van der Waals surface area (Å²) in [6.07, 6.45) is 2.01. The van der Waals surface area contributed by atoms with Crippen LogP contribution in [0.15, 0.2) is 188 Å². The fraction of sp³-hybridized carbons (Fsp3) is 0. The summed E-state index contributed by atoms with van der Waals surface area (Å²) in [6.45, 7) is 0. The molecule has 0 aliphatic heterocycles. The predicted molar refractivity (Wildman–Crippen MR) is 210 cm³/mol. The molecule has 0 bridgehead atoms. The molecule has 3 heteroatoms. The molecule has 2 heterocycles. The molecule has 2 aromatic heterocycles. The molecule has 9 aromatic rings. The Balaban J connectivity index is 1.40. The fourth-order valence-electron chi connectivity index (χ4n) is 7.27. The van der Waals surface area contributed by atoms with Gasteiger partial charge in [0.2, 0.25) is 0 Å². The Labute approximate surface area is 297 Å². The number of hydrogen-bond donors (Lipinski definition) is 0. The molecule has 238 valence electrons. The first-order valence-electron chi connectivity index (χ1n) is 17.1. The summed E-state index contributed by atoms with van der Waals surface area (Å²) in [5.41, 5.74) is 13.8. The predicted octanol–water partition coefficient (Wildman–Crippen LogP) is 12.4. The van der Waals surface area contributed by atoms with Crippen molar-refractivity contribution in [2.45, 2.75) is 0 Å². The van der Waals surface area contributed by atoms with Crippen LogP contribution in [0.5, 0.6) is 0 Å². The van der Waals surface area contributed by atoms with Crippen molar-refractivity contribution in [2.75, 3.05) is 0 Å². The maximum Gasteiger partial charge on any atom is 0.146 e. The highest BCUT2D eigenvalue weighted by Gasteiger charge is 2.24. The molecule has 0 unspecified atom stereocenters. The highest BCUT2D eigenvalue weighted by molar-refractivity contribution is 6.12. The van der Waals surface area contributed by atoms with E-state index in [0.29, 0.717) is 5.56 Å². The van der Waals surface area contributed by atoms with Crippen molar-refractivity contribution in [3.8, 4) is 67.5 Å². The number of benzene rings is 7. The Hall–Kier alpha value is -7.02. The monoisotopic (exact) mass is 649 g/mol. The average molecular weight is 650 g/mol. The minimum atomic E-state index is 0.626. The van der Waals surface area contributed by atoms with Gasteiger partial charge in [-0.3, -0.25) is 4.57 Å². The number of aromatic nitrogens is 2. The van der Waals surface area contributed by atoms with Crippen molar-refractivity contribution in [3.63, 3.8) is 0 Å².